The Morgan fingerprint density at radius 3 is 2.75 bits per heavy atom. The van der Waals surface area contributed by atoms with Gasteiger partial charge in [-0.15, -0.1) is 0 Å². The zero-order valence-electron chi connectivity index (χ0n) is 12.0. The predicted octanol–water partition coefficient (Wildman–Crippen LogP) is 1.25. The molecule has 110 valence electrons. The van der Waals surface area contributed by atoms with E-state index in [-0.39, 0.29) is 5.91 Å². The van der Waals surface area contributed by atoms with Crippen LogP contribution >= 0.6 is 0 Å². The first-order chi connectivity index (χ1) is 9.65. The lowest BCUT2D eigenvalue weighted by Gasteiger charge is -2.15. The number of anilines is 1. The highest BCUT2D eigenvalue weighted by Gasteiger charge is 2.25. The summed E-state index contributed by atoms with van der Waals surface area (Å²) in [7, 11) is 2.11. The number of hydrogen-bond acceptors (Lipinski definition) is 4. The van der Waals surface area contributed by atoms with Crippen molar-refractivity contribution in [2.24, 2.45) is 0 Å². The van der Waals surface area contributed by atoms with Crippen molar-refractivity contribution in [3.05, 3.63) is 24.3 Å². The van der Waals surface area contributed by atoms with Crippen molar-refractivity contribution in [1.82, 2.24) is 10.2 Å². The van der Waals surface area contributed by atoms with Gasteiger partial charge in [0.25, 0.3) is 0 Å². The average molecular weight is 277 g/mol. The summed E-state index contributed by atoms with van der Waals surface area (Å²) in [5.74, 6) is 0.769. The molecule has 2 rings (SSSR count). The van der Waals surface area contributed by atoms with E-state index in [0.29, 0.717) is 25.3 Å². The van der Waals surface area contributed by atoms with Gasteiger partial charge in [0.1, 0.15) is 5.75 Å². The Morgan fingerprint density at radius 1 is 1.40 bits per heavy atom. The minimum absolute atomic E-state index is 0.0321. The quantitative estimate of drug-likeness (QED) is 0.702. The van der Waals surface area contributed by atoms with Gasteiger partial charge >= 0.3 is 0 Å². The van der Waals surface area contributed by atoms with Gasteiger partial charge in [-0.1, -0.05) is 0 Å². The third-order valence-electron chi connectivity index (χ3n) is 3.43. The summed E-state index contributed by atoms with van der Waals surface area (Å²) in [6, 6.07) is 7.91. The highest BCUT2D eigenvalue weighted by molar-refractivity contribution is 5.75. The molecule has 1 fully saturated rings. The van der Waals surface area contributed by atoms with Crippen LogP contribution in [0.25, 0.3) is 0 Å². The largest absolute Gasteiger partial charge is 0.493 e. The number of likely N-dealkylation sites (N-methyl/N-ethyl adjacent to an activating group) is 1. The smallest absolute Gasteiger partial charge is 0.223 e. The number of carbonyl (C=O) groups is 1. The maximum Gasteiger partial charge on any atom is 0.223 e. The molecule has 1 aliphatic rings. The van der Waals surface area contributed by atoms with E-state index in [0.717, 1.165) is 18.3 Å². The van der Waals surface area contributed by atoms with E-state index < -0.39 is 0 Å². The number of ether oxygens (including phenoxy) is 1. The number of benzene rings is 1. The second kappa shape index (κ2) is 7.14. The lowest BCUT2D eigenvalue weighted by Crippen LogP contribution is -2.34. The number of nitrogens with zero attached hydrogens (tertiary/aromatic N) is 1. The number of carbonyl (C=O) groups excluding carboxylic acids is 1. The van der Waals surface area contributed by atoms with Crippen molar-refractivity contribution in [2.45, 2.75) is 25.3 Å². The van der Waals surface area contributed by atoms with Crippen molar-refractivity contribution in [1.29, 1.82) is 0 Å². The zero-order valence-corrected chi connectivity index (χ0v) is 12.0. The molecular weight excluding hydrogens is 254 g/mol. The van der Waals surface area contributed by atoms with E-state index in [1.807, 2.05) is 0 Å². The summed E-state index contributed by atoms with van der Waals surface area (Å²) in [5.41, 5.74) is 6.29. The summed E-state index contributed by atoms with van der Waals surface area (Å²) in [6.07, 6.45) is 2.96. The van der Waals surface area contributed by atoms with Gasteiger partial charge in [-0.25, -0.2) is 0 Å². The van der Waals surface area contributed by atoms with Crippen molar-refractivity contribution in [3.8, 4) is 5.75 Å². The van der Waals surface area contributed by atoms with E-state index in [9.17, 15) is 4.79 Å². The maximum absolute atomic E-state index is 11.6. The molecule has 1 aromatic carbocycles. The molecule has 5 heteroatoms. The van der Waals surface area contributed by atoms with Crippen LogP contribution in [-0.2, 0) is 4.79 Å². The van der Waals surface area contributed by atoms with Crippen LogP contribution in [0.15, 0.2) is 24.3 Å². The molecule has 1 amide bonds. The number of nitrogens with one attached hydrogen (secondary N) is 1. The van der Waals surface area contributed by atoms with Gasteiger partial charge in [-0.05, 0) is 44.2 Å². The first-order valence-electron chi connectivity index (χ1n) is 7.10. The maximum atomic E-state index is 11.6. The van der Waals surface area contributed by atoms with Crippen LogP contribution in [0.2, 0.25) is 0 Å². The van der Waals surface area contributed by atoms with Crippen LogP contribution in [0.3, 0.4) is 0 Å². The summed E-state index contributed by atoms with van der Waals surface area (Å²) >= 11 is 0. The van der Waals surface area contributed by atoms with Gasteiger partial charge in [0.15, 0.2) is 0 Å². The molecule has 0 spiro atoms. The molecular formula is C15H23N3O2. The summed E-state index contributed by atoms with van der Waals surface area (Å²) in [5, 5.41) is 2.91. The van der Waals surface area contributed by atoms with Crippen LogP contribution in [0.1, 0.15) is 19.3 Å². The van der Waals surface area contributed by atoms with E-state index in [4.69, 9.17) is 10.5 Å². The standard InChI is InChI=1S/C15H23N3O2/c1-18(13-4-5-13)10-9-17-15(19)8-11-20-14-6-2-12(16)3-7-14/h2-3,6-7,13H,4-5,8-11,16H2,1H3,(H,17,19). The normalized spacial score (nSPS) is 14.3. The average Bonchev–Trinajstić information content (AvgIpc) is 3.25. The molecule has 1 saturated carbocycles. The minimum Gasteiger partial charge on any atom is -0.493 e. The van der Waals surface area contributed by atoms with Gasteiger partial charge in [-0.3, -0.25) is 4.79 Å². The van der Waals surface area contributed by atoms with Crippen molar-refractivity contribution >= 4 is 11.6 Å². The van der Waals surface area contributed by atoms with Crippen LogP contribution in [0, 0.1) is 0 Å². The molecule has 0 aromatic heterocycles. The number of amides is 1. The molecule has 0 aliphatic heterocycles. The minimum atomic E-state index is 0.0321. The fourth-order valence-corrected chi connectivity index (χ4v) is 1.98. The molecule has 1 aliphatic carbocycles. The Labute approximate surface area is 120 Å². The van der Waals surface area contributed by atoms with Crippen molar-refractivity contribution in [2.75, 3.05) is 32.5 Å². The Balaban J connectivity index is 1.54. The molecule has 5 nitrogen and oxygen atoms in total. The number of nitrogens with two attached hydrogens (primary N) is 1. The Bertz CT molecular complexity index is 429. The molecule has 0 heterocycles. The van der Waals surface area contributed by atoms with Gasteiger partial charge < -0.3 is 20.7 Å². The molecule has 0 atom stereocenters. The fraction of sp³-hybridized carbons (Fsp3) is 0.533. The third kappa shape index (κ3) is 5.09. The summed E-state index contributed by atoms with van der Waals surface area (Å²) in [6.45, 7) is 2.00. The van der Waals surface area contributed by atoms with Gasteiger partial charge in [-0.2, -0.15) is 0 Å². The molecule has 0 unspecified atom stereocenters. The molecule has 3 N–H and O–H groups in total. The number of hydrogen-bond donors (Lipinski definition) is 2. The van der Waals surface area contributed by atoms with E-state index >= 15 is 0 Å². The van der Waals surface area contributed by atoms with Gasteiger partial charge in [0.05, 0.1) is 13.0 Å². The van der Waals surface area contributed by atoms with E-state index in [2.05, 4.69) is 17.3 Å². The molecule has 0 radical (unpaired) electrons. The molecule has 0 saturated heterocycles. The lowest BCUT2D eigenvalue weighted by atomic mass is 10.3. The predicted molar refractivity (Wildman–Crippen MR) is 79.6 cm³/mol. The number of rotatable bonds is 8. The van der Waals surface area contributed by atoms with Crippen molar-refractivity contribution in [3.63, 3.8) is 0 Å². The highest BCUT2D eigenvalue weighted by atomic mass is 16.5. The number of nitrogen functional groups attached to an aromatic ring is 1. The van der Waals surface area contributed by atoms with Crippen molar-refractivity contribution < 1.29 is 9.53 Å². The SMILES string of the molecule is CN(CCNC(=O)CCOc1ccc(N)cc1)C1CC1. The topological polar surface area (TPSA) is 67.6 Å². The van der Waals surface area contributed by atoms with E-state index in [1.54, 1.807) is 24.3 Å². The van der Waals surface area contributed by atoms with E-state index in [1.165, 1.54) is 12.8 Å². The van der Waals surface area contributed by atoms with Crippen LogP contribution in [-0.4, -0.2) is 43.6 Å². The lowest BCUT2D eigenvalue weighted by molar-refractivity contribution is -0.121. The fourth-order valence-electron chi connectivity index (χ4n) is 1.98. The van der Waals surface area contributed by atoms with Crippen LogP contribution < -0.4 is 15.8 Å². The van der Waals surface area contributed by atoms with Crippen LogP contribution in [0.4, 0.5) is 5.69 Å². The highest BCUT2D eigenvalue weighted by Crippen LogP contribution is 2.24. The summed E-state index contributed by atoms with van der Waals surface area (Å²) in [4.78, 5) is 13.9. The Kier molecular flexibility index (Phi) is 5.24. The Morgan fingerprint density at radius 2 is 2.10 bits per heavy atom. The first kappa shape index (κ1) is 14.7. The molecule has 20 heavy (non-hydrogen) atoms. The first-order valence-corrected chi connectivity index (χ1v) is 7.10. The van der Waals surface area contributed by atoms with Gasteiger partial charge in [0.2, 0.25) is 5.91 Å². The zero-order chi connectivity index (χ0) is 14.4. The summed E-state index contributed by atoms with van der Waals surface area (Å²) < 4.78 is 5.48. The second-order valence-corrected chi connectivity index (χ2v) is 5.23. The Hall–Kier alpha value is -1.75. The molecule has 1 aromatic rings. The van der Waals surface area contributed by atoms with Crippen LogP contribution in [0.5, 0.6) is 5.75 Å². The molecule has 0 bridgehead atoms. The monoisotopic (exact) mass is 277 g/mol. The third-order valence-corrected chi connectivity index (χ3v) is 3.43. The van der Waals surface area contributed by atoms with Gasteiger partial charge in [0, 0.05) is 24.8 Å². The second-order valence-electron chi connectivity index (χ2n) is 5.23.